The molecule has 1 aromatic rings. The van der Waals surface area contributed by atoms with Crippen molar-refractivity contribution in [3.8, 4) is 0 Å². The molecule has 3 N–H and O–H groups in total. The highest BCUT2D eigenvalue weighted by Gasteiger charge is 2.16. The van der Waals surface area contributed by atoms with Gasteiger partial charge in [0.25, 0.3) is 0 Å². The van der Waals surface area contributed by atoms with E-state index in [9.17, 15) is 9.59 Å². The van der Waals surface area contributed by atoms with Gasteiger partial charge in [-0.2, -0.15) is 0 Å². The number of nitrogens with one attached hydrogen (secondary N) is 2. The van der Waals surface area contributed by atoms with Gasteiger partial charge >= 0.3 is 12.0 Å². The van der Waals surface area contributed by atoms with Crippen LogP contribution in [0.3, 0.4) is 0 Å². The van der Waals surface area contributed by atoms with Crippen LogP contribution in [0.4, 0.5) is 10.5 Å². The van der Waals surface area contributed by atoms with E-state index in [2.05, 4.69) is 10.6 Å². The van der Waals surface area contributed by atoms with E-state index in [0.717, 1.165) is 0 Å². The van der Waals surface area contributed by atoms with Crippen LogP contribution in [0.5, 0.6) is 0 Å². The molecule has 0 aliphatic carbocycles. The third-order valence-corrected chi connectivity index (χ3v) is 2.76. The first-order valence-electron chi connectivity index (χ1n) is 6.27. The minimum atomic E-state index is -1.09. The molecule has 1 aliphatic rings. The minimum absolute atomic E-state index is 0.0464. The van der Waals surface area contributed by atoms with Crippen molar-refractivity contribution in [2.24, 2.45) is 0 Å². The summed E-state index contributed by atoms with van der Waals surface area (Å²) in [5.74, 6) is -1.09. The Labute approximate surface area is 115 Å². The van der Waals surface area contributed by atoms with Gasteiger partial charge in [0.05, 0.1) is 24.5 Å². The van der Waals surface area contributed by atoms with E-state index >= 15 is 0 Å². The van der Waals surface area contributed by atoms with Crippen LogP contribution < -0.4 is 10.6 Å². The molecule has 2 amide bonds. The Morgan fingerprint density at radius 3 is 2.65 bits per heavy atom. The lowest BCUT2D eigenvalue weighted by molar-refractivity contribution is -0.0454. The maximum absolute atomic E-state index is 11.7. The summed E-state index contributed by atoms with van der Waals surface area (Å²) >= 11 is 0. The zero-order chi connectivity index (χ0) is 14.4. The molecule has 2 rings (SSSR count). The molecule has 0 saturated carbocycles. The van der Waals surface area contributed by atoms with Crippen molar-refractivity contribution < 1.29 is 24.2 Å². The lowest BCUT2D eigenvalue weighted by Crippen LogP contribution is -2.32. The number of carbonyl (C=O) groups excluding carboxylic acids is 1. The van der Waals surface area contributed by atoms with Gasteiger partial charge in [-0.25, -0.2) is 9.59 Å². The smallest absolute Gasteiger partial charge is 0.337 e. The average molecular weight is 280 g/mol. The van der Waals surface area contributed by atoms with Crippen molar-refractivity contribution in [3.05, 3.63) is 29.8 Å². The maximum Gasteiger partial charge on any atom is 0.337 e. The van der Waals surface area contributed by atoms with Crippen molar-refractivity contribution in [2.75, 3.05) is 25.1 Å². The quantitative estimate of drug-likeness (QED) is 0.754. The molecule has 1 aromatic carbocycles. The first-order valence-corrected chi connectivity index (χ1v) is 6.27. The molecule has 0 bridgehead atoms. The Morgan fingerprint density at radius 2 is 1.95 bits per heavy atom. The first-order chi connectivity index (χ1) is 9.66. The number of carbonyl (C=O) groups is 2. The number of para-hydroxylation sites is 1. The molecule has 1 aliphatic heterocycles. The number of anilines is 1. The van der Waals surface area contributed by atoms with Crippen LogP contribution >= 0.6 is 0 Å². The second-order valence-corrected chi connectivity index (χ2v) is 4.19. The van der Waals surface area contributed by atoms with Crippen LogP contribution in [0.1, 0.15) is 16.8 Å². The zero-order valence-corrected chi connectivity index (χ0v) is 10.8. The number of aromatic carboxylic acids is 1. The van der Waals surface area contributed by atoms with Crippen LogP contribution in [-0.4, -0.2) is 43.2 Å². The standard InChI is InChI=1S/C13H16N2O5/c16-12(17)9-3-1-2-4-10(9)15-13(18)14-6-5-11-19-7-8-20-11/h1-4,11H,5-8H2,(H,16,17)(H2,14,15,18). The van der Waals surface area contributed by atoms with E-state index in [-0.39, 0.29) is 17.5 Å². The van der Waals surface area contributed by atoms with Gasteiger partial charge < -0.3 is 25.2 Å². The molecule has 0 spiro atoms. The summed E-state index contributed by atoms with van der Waals surface area (Å²) in [6.07, 6.45) is 0.273. The highest BCUT2D eigenvalue weighted by molar-refractivity contribution is 5.99. The lowest BCUT2D eigenvalue weighted by Gasteiger charge is -2.11. The van der Waals surface area contributed by atoms with Crippen LogP contribution in [0.25, 0.3) is 0 Å². The van der Waals surface area contributed by atoms with Gasteiger partial charge in [-0.05, 0) is 12.1 Å². The normalized spacial score (nSPS) is 15.0. The third-order valence-electron chi connectivity index (χ3n) is 2.76. The number of benzene rings is 1. The number of rotatable bonds is 5. The topological polar surface area (TPSA) is 96.9 Å². The summed E-state index contributed by atoms with van der Waals surface area (Å²) in [5.41, 5.74) is 0.302. The molecule has 0 radical (unpaired) electrons. The summed E-state index contributed by atoms with van der Waals surface area (Å²) in [6.45, 7) is 1.53. The molecule has 1 heterocycles. The summed E-state index contributed by atoms with van der Waals surface area (Å²) in [6, 6.07) is 5.75. The van der Waals surface area contributed by atoms with Crippen molar-refractivity contribution in [1.82, 2.24) is 5.32 Å². The molecular weight excluding hydrogens is 264 g/mol. The molecule has 20 heavy (non-hydrogen) atoms. The summed E-state index contributed by atoms with van der Waals surface area (Å²) in [4.78, 5) is 22.7. The number of hydrogen-bond donors (Lipinski definition) is 3. The van der Waals surface area contributed by atoms with Gasteiger partial charge in [0.2, 0.25) is 0 Å². The maximum atomic E-state index is 11.7. The molecule has 108 valence electrons. The zero-order valence-electron chi connectivity index (χ0n) is 10.8. The van der Waals surface area contributed by atoms with E-state index in [1.165, 1.54) is 12.1 Å². The van der Waals surface area contributed by atoms with Crippen LogP contribution in [0.15, 0.2) is 24.3 Å². The van der Waals surface area contributed by atoms with Crippen molar-refractivity contribution in [1.29, 1.82) is 0 Å². The fraction of sp³-hybridized carbons (Fsp3) is 0.385. The molecule has 1 fully saturated rings. The van der Waals surface area contributed by atoms with Gasteiger partial charge in [0.1, 0.15) is 0 Å². The minimum Gasteiger partial charge on any atom is -0.478 e. The predicted octanol–water partition coefficient (Wildman–Crippen LogP) is 1.27. The molecule has 1 saturated heterocycles. The number of urea groups is 1. The Bertz CT molecular complexity index is 485. The highest BCUT2D eigenvalue weighted by Crippen LogP contribution is 2.14. The largest absolute Gasteiger partial charge is 0.478 e. The molecule has 0 atom stereocenters. The first kappa shape index (κ1) is 14.3. The summed E-state index contributed by atoms with van der Waals surface area (Å²) in [7, 11) is 0. The van der Waals surface area contributed by atoms with Crippen molar-refractivity contribution in [2.45, 2.75) is 12.7 Å². The SMILES string of the molecule is O=C(NCCC1OCCO1)Nc1ccccc1C(=O)O. The molecule has 0 aromatic heterocycles. The summed E-state index contributed by atoms with van der Waals surface area (Å²) < 4.78 is 10.5. The van der Waals surface area contributed by atoms with Gasteiger partial charge in [0.15, 0.2) is 6.29 Å². The van der Waals surface area contributed by atoms with E-state index in [1.807, 2.05) is 0 Å². The van der Waals surface area contributed by atoms with Crippen molar-refractivity contribution in [3.63, 3.8) is 0 Å². The highest BCUT2D eigenvalue weighted by atomic mass is 16.7. The van der Waals surface area contributed by atoms with E-state index in [0.29, 0.717) is 26.2 Å². The number of carboxylic acid groups (broad SMARTS) is 1. The predicted molar refractivity (Wildman–Crippen MR) is 70.7 cm³/mol. The molecular formula is C13H16N2O5. The molecule has 0 unspecified atom stereocenters. The van der Waals surface area contributed by atoms with Gasteiger partial charge in [0, 0.05) is 13.0 Å². The van der Waals surface area contributed by atoms with Gasteiger partial charge in [-0.15, -0.1) is 0 Å². The average Bonchev–Trinajstić information content (AvgIpc) is 2.92. The third kappa shape index (κ3) is 3.94. The Morgan fingerprint density at radius 1 is 1.25 bits per heavy atom. The molecule has 7 nitrogen and oxygen atoms in total. The van der Waals surface area contributed by atoms with Crippen LogP contribution in [0, 0.1) is 0 Å². The van der Waals surface area contributed by atoms with E-state index in [1.54, 1.807) is 12.1 Å². The molecule has 7 heteroatoms. The number of hydrogen-bond acceptors (Lipinski definition) is 4. The Kier molecular flexibility index (Phi) is 4.91. The number of amides is 2. The fourth-order valence-electron chi connectivity index (χ4n) is 1.82. The number of carboxylic acids is 1. The summed E-state index contributed by atoms with van der Waals surface area (Å²) in [5, 5.41) is 14.1. The van der Waals surface area contributed by atoms with Crippen LogP contribution in [-0.2, 0) is 9.47 Å². The van der Waals surface area contributed by atoms with E-state index in [4.69, 9.17) is 14.6 Å². The Balaban J connectivity index is 1.80. The second kappa shape index (κ2) is 6.88. The van der Waals surface area contributed by atoms with E-state index < -0.39 is 12.0 Å². The van der Waals surface area contributed by atoms with Crippen LogP contribution in [0.2, 0.25) is 0 Å². The second-order valence-electron chi connectivity index (χ2n) is 4.19. The Hall–Kier alpha value is -2.12. The van der Waals surface area contributed by atoms with Gasteiger partial charge in [-0.1, -0.05) is 12.1 Å². The van der Waals surface area contributed by atoms with Crippen molar-refractivity contribution >= 4 is 17.7 Å². The fourth-order valence-corrected chi connectivity index (χ4v) is 1.82. The number of ether oxygens (including phenoxy) is 2. The monoisotopic (exact) mass is 280 g/mol. The van der Waals surface area contributed by atoms with Gasteiger partial charge in [-0.3, -0.25) is 0 Å². The lowest BCUT2D eigenvalue weighted by atomic mass is 10.2.